The Morgan fingerprint density at radius 3 is 1.22 bits per heavy atom. The van der Waals surface area contributed by atoms with Crippen LogP contribution in [0.4, 0.5) is 17.6 Å². The fourth-order valence-corrected chi connectivity index (χ4v) is 5.50. The van der Waals surface area contributed by atoms with Crippen molar-refractivity contribution in [1.82, 2.24) is 0 Å². The quantitative estimate of drug-likeness (QED) is 0.203. The van der Waals surface area contributed by atoms with E-state index in [0.29, 0.717) is 0 Å². The van der Waals surface area contributed by atoms with E-state index in [1.54, 1.807) is 0 Å². The number of hydrogen-bond donors (Lipinski definition) is 0. The lowest BCUT2D eigenvalue weighted by Crippen LogP contribution is -1.98. The van der Waals surface area contributed by atoms with Crippen molar-refractivity contribution in [2.24, 2.45) is 0 Å². The second-order valence-corrected chi connectivity index (χ2v) is 10.00. The predicted molar refractivity (Wildman–Crippen MR) is 141 cm³/mol. The molecule has 0 unspecified atom stereocenters. The van der Waals surface area contributed by atoms with Gasteiger partial charge in [-0.1, -0.05) is 58.2 Å². The van der Waals surface area contributed by atoms with E-state index in [2.05, 4.69) is 0 Å². The minimum Gasteiger partial charge on any atom is -0.495 e. The number of methoxy groups -OCH3 is 2. The summed E-state index contributed by atoms with van der Waals surface area (Å²) >= 11 is 25.2. The van der Waals surface area contributed by atoms with E-state index in [4.69, 9.17) is 55.9 Å². The molecule has 2 nitrogen and oxygen atoms in total. The Labute approximate surface area is 234 Å². The lowest BCUT2D eigenvalue weighted by atomic mass is 10.0. The summed E-state index contributed by atoms with van der Waals surface area (Å²) in [5, 5.41) is -0.0143. The summed E-state index contributed by atoms with van der Waals surface area (Å²) in [5.74, 6) is -3.71. The first-order valence-electron chi connectivity index (χ1n) is 10.3. The third-order valence-electron chi connectivity index (χ3n) is 5.42. The SMILES string of the molecule is COc1ccc(-c2ccc(F)c(Sc3c(F)ccc(-c4ccc(OC)c(Cl)c4Cl)c3F)c2F)c(Cl)c1Cl. The number of ether oxygens (including phenoxy) is 2. The van der Waals surface area contributed by atoms with E-state index in [9.17, 15) is 8.78 Å². The van der Waals surface area contributed by atoms with Crippen molar-refractivity contribution >= 4 is 58.2 Å². The van der Waals surface area contributed by atoms with Crippen LogP contribution in [0.25, 0.3) is 22.3 Å². The molecule has 37 heavy (non-hydrogen) atoms. The minimum absolute atomic E-state index is 0.0272. The molecule has 0 fully saturated rings. The molecule has 0 aliphatic carbocycles. The van der Waals surface area contributed by atoms with Crippen LogP contribution in [0.5, 0.6) is 11.5 Å². The first kappa shape index (κ1) is 27.7. The highest BCUT2D eigenvalue weighted by molar-refractivity contribution is 7.99. The second-order valence-electron chi connectivity index (χ2n) is 7.46. The lowest BCUT2D eigenvalue weighted by molar-refractivity contribution is 0.415. The van der Waals surface area contributed by atoms with E-state index in [0.717, 1.165) is 24.3 Å². The van der Waals surface area contributed by atoms with E-state index in [1.807, 2.05) is 0 Å². The van der Waals surface area contributed by atoms with Gasteiger partial charge in [-0.3, -0.25) is 0 Å². The largest absolute Gasteiger partial charge is 0.495 e. The highest BCUT2D eigenvalue weighted by Gasteiger charge is 2.25. The molecule has 0 radical (unpaired) electrons. The highest BCUT2D eigenvalue weighted by Crippen LogP contribution is 2.46. The number of benzene rings is 4. The fourth-order valence-electron chi connectivity index (χ4n) is 3.57. The predicted octanol–water partition coefficient (Wildman–Crippen LogP) is 10.4. The molecule has 0 spiro atoms. The zero-order valence-electron chi connectivity index (χ0n) is 18.9. The van der Waals surface area contributed by atoms with Crippen LogP contribution in [0.2, 0.25) is 20.1 Å². The van der Waals surface area contributed by atoms with Crippen LogP contribution in [0.15, 0.2) is 58.3 Å². The molecule has 0 N–H and O–H groups in total. The fraction of sp³-hybridized carbons (Fsp3) is 0.0769. The van der Waals surface area contributed by atoms with Gasteiger partial charge in [0.2, 0.25) is 0 Å². The lowest BCUT2D eigenvalue weighted by Gasteiger charge is -2.15. The molecule has 4 rings (SSSR count). The molecule has 0 saturated heterocycles. The normalized spacial score (nSPS) is 11.1. The molecule has 0 atom stereocenters. The number of halogens is 8. The maximum atomic E-state index is 15.6. The van der Waals surface area contributed by atoms with Gasteiger partial charge in [-0.05, 0) is 48.5 Å². The summed E-state index contributed by atoms with van der Waals surface area (Å²) in [6.45, 7) is 0. The topological polar surface area (TPSA) is 18.5 Å². The molecule has 0 aliphatic heterocycles. The molecule has 4 aromatic rings. The van der Waals surface area contributed by atoms with Gasteiger partial charge in [-0.15, -0.1) is 0 Å². The Morgan fingerprint density at radius 2 is 0.865 bits per heavy atom. The van der Waals surface area contributed by atoms with Crippen molar-refractivity contribution < 1.29 is 27.0 Å². The van der Waals surface area contributed by atoms with Crippen molar-refractivity contribution in [3.8, 4) is 33.8 Å². The molecule has 0 heterocycles. The minimum atomic E-state index is -1.08. The summed E-state index contributed by atoms with van der Waals surface area (Å²) in [6.07, 6.45) is 0. The zero-order chi connectivity index (χ0) is 27.0. The molecular weight excluding hydrogens is 594 g/mol. The van der Waals surface area contributed by atoms with E-state index >= 15 is 8.78 Å². The Balaban J connectivity index is 1.83. The van der Waals surface area contributed by atoms with Crippen LogP contribution >= 0.6 is 58.2 Å². The highest BCUT2D eigenvalue weighted by atomic mass is 35.5. The maximum Gasteiger partial charge on any atom is 0.147 e. The molecular formula is C26H14Cl4F4O2S. The van der Waals surface area contributed by atoms with Gasteiger partial charge in [-0.2, -0.15) is 0 Å². The summed E-state index contributed by atoms with van der Waals surface area (Å²) in [7, 11) is 2.77. The van der Waals surface area contributed by atoms with Crippen LogP contribution in [-0.2, 0) is 0 Å². The van der Waals surface area contributed by atoms with Crippen molar-refractivity contribution in [2.75, 3.05) is 14.2 Å². The van der Waals surface area contributed by atoms with Crippen molar-refractivity contribution in [2.45, 2.75) is 9.79 Å². The standard InChI is InChI=1S/C26H14Cl4F4O2S/c1-35-17-9-5-11(19(27)21(17)29)13-3-7-15(31)25(23(13)33)37-26-16(32)8-4-14(24(26)34)12-6-10-18(36-2)22(30)20(12)28/h3-10H,1-2H3. The molecule has 0 aromatic heterocycles. The Kier molecular flexibility index (Phi) is 8.41. The molecule has 0 aliphatic rings. The van der Waals surface area contributed by atoms with Crippen LogP contribution in [0.3, 0.4) is 0 Å². The Morgan fingerprint density at radius 1 is 0.514 bits per heavy atom. The molecule has 0 amide bonds. The summed E-state index contributed by atoms with van der Waals surface area (Å²) in [5.41, 5.74) is 0.0307. The van der Waals surface area contributed by atoms with Gasteiger partial charge >= 0.3 is 0 Å². The van der Waals surface area contributed by atoms with E-state index in [1.165, 1.54) is 38.5 Å². The summed E-state index contributed by atoms with van der Waals surface area (Å²) in [6, 6.07) is 10.0. The van der Waals surface area contributed by atoms with Crippen molar-refractivity contribution in [1.29, 1.82) is 0 Å². The van der Waals surface area contributed by atoms with Gasteiger partial charge in [0.1, 0.15) is 44.8 Å². The van der Waals surface area contributed by atoms with Crippen LogP contribution < -0.4 is 9.47 Å². The Bertz CT molecular complexity index is 1420. The maximum absolute atomic E-state index is 15.6. The third-order valence-corrected chi connectivity index (χ3v) is 8.30. The monoisotopic (exact) mass is 606 g/mol. The Hall–Kier alpha value is -2.29. The molecule has 0 saturated carbocycles. The van der Waals surface area contributed by atoms with Gasteiger partial charge < -0.3 is 9.47 Å². The summed E-state index contributed by atoms with van der Waals surface area (Å²) < 4.78 is 70.9. The van der Waals surface area contributed by atoms with Gasteiger partial charge in [0.25, 0.3) is 0 Å². The van der Waals surface area contributed by atoms with Gasteiger partial charge in [0.05, 0.1) is 34.1 Å². The smallest absolute Gasteiger partial charge is 0.147 e. The molecule has 0 bridgehead atoms. The van der Waals surface area contributed by atoms with Crippen LogP contribution in [0.1, 0.15) is 0 Å². The molecule has 192 valence electrons. The third kappa shape index (κ3) is 5.08. The first-order chi connectivity index (χ1) is 17.6. The average Bonchev–Trinajstić information content (AvgIpc) is 2.88. The van der Waals surface area contributed by atoms with E-state index in [-0.39, 0.29) is 65.6 Å². The van der Waals surface area contributed by atoms with Crippen LogP contribution in [0, 0.1) is 23.3 Å². The molecule has 4 aromatic carbocycles. The first-order valence-corrected chi connectivity index (χ1v) is 12.6. The summed E-state index contributed by atoms with van der Waals surface area (Å²) in [4.78, 5) is -1.29. The van der Waals surface area contributed by atoms with Gasteiger partial charge in [-0.25, -0.2) is 17.6 Å². The zero-order valence-corrected chi connectivity index (χ0v) is 22.7. The average molecular weight is 608 g/mol. The second kappa shape index (κ2) is 11.2. The molecule has 11 heteroatoms. The van der Waals surface area contributed by atoms with Crippen molar-refractivity contribution in [3.63, 3.8) is 0 Å². The van der Waals surface area contributed by atoms with Gasteiger partial charge in [0, 0.05) is 22.3 Å². The van der Waals surface area contributed by atoms with Gasteiger partial charge in [0.15, 0.2) is 0 Å². The number of rotatable bonds is 6. The number of hydrogen-bond acceptors (Lipinski definition) is 3. The van der Waals surface area contributed by atoms with Crippen LogP contribution in [-0.4, -0.2) is 14.2 Å². The van der Waals surface area contributed by atoms with Crippen molar-refractivity contribution in [3.05, 3.63) is 91.9 Å². The van der Waals surface area contributed by atoms with E-state index < -0.39 is 33.1 Å².